The van der Waals surface area contributed by atoms with E-state index in [-0.39, 0.29) is 0 Å². The van der Waals surface area contributed by atoms with Gasteiger partial charge in [0.15, 0.2) is 6.10 Å². The number of aliphatic hydroxyl groups excluding tert-OH is 2. The number of hydrogen-bond donors (Lipinski definition) is 3. The van der Waals surface area contributed by atoms with E-state index in [4.69, 9.17) is 0 Å². The van der Waals surface area contributed by atoms with Gasteiger partial charge in [-0.1, -0.05) is 23.8 Å². The minimum Gasteiger partial charge on any atom is -0.383 e. The number of carbonyl (C=O) groups excluding carboxylic acids is 1. The molecule has 23 heavy (non-hydrogen) atoms. The highest BCUT2D eigenvalue weighted by atomic mass is 32.1. The first-order chi connectivity index (χ1) is 11.1. The number of fused-ring (bicyclic) bond motifs is 1. The number of allylic oxidation sites excluding steroid dienone is 1. The smallest absolute Gasteiger partial charge is 0.252 e. The van der Waals surface area contributed by atoms with Crippen molar-refractivity contribution >= 4 is 27.5 Å². The van der Waals surface area contributed by atoms with Gasteiger partial charge in [0.2, 0.25) is 0 Å². The number of aliphatic hydroxyl groups is 2. The minimum absolute atomic E-state index is 0.354. The number of amides is 1. The fourth-order valence-electron chi connectivity index (χ4n) is 2.71. The fourth-order valence-corrected chi connectivity index (χ4v) is 3.69. The lowest BCUT2D eigenvalue weighted by molar-refractivity contribution is -0.135. The fraction of sp³-hybridized carbons (Fsp3) is 0.412. The second-order valence-corrected chi connectivity index (χ2v) is 6.77. The molecule has 122 valence electrons. The summed E-state index contributed by atoms with van der Waals surface area (Å²) in [6.45, 7) is 0.480. The van der Waals surface area contributed by atoms with Gasteiger partial charge in [-0.15, -0.1) is 11.3 Å². The van der Waals surface area contributed by atoms with Crippen molar-refractivity contribution in [3.8, 4) is 0 Å². The number of para-hydroxylation sites is 1. The Morgan fingerprint density at radius 3 is 2.91 bits per heavy atom. The van der Waals surface area contributed by atoms with Gasteiger partial charge in [-0.2, -0.15) is 0 Å². The molecule has 0 radical (unpaired) electrons. The Balaban J connectivity index is 1.57. The van der Waals surface area contributed by atoms with Gasteiger partial charge >= 0.3 is 0 Å². The van der Waals surface area contributed by atoms with Gasteiger partial charge in [0.25, 0.3) is 5.91 Å². The maximum absolute atomic E-state index is 12.0. The van der Waals surface area contributed by atoms with Crippen LogP contribution in [0.25, 0.3) is 10.2 Å². The van der Waals surface area contributed by atoms with Crippen LogP contribution in [0.3, 0.4) is 0 Å². The van der Waals surface area contributed by atoms with Gasteiger partial charge in [-0.05, 0) is 37.8 Å². The number of hydrogen-bond acceptors (Lipinski definition) is 5. The van der Waals surface area contributed by atoms with Crippen LogP contribution in [0.15, 0.2) is 35.9 Å². The summed E-state index contributed by atoms with van der Waals surface area (Å²) >= 11 is 1.29. The van der Waals surface area contributed by atoms with Crippen molar-refractivity contribution in [2.24, 2.45) is 0 Å². The van der Waals surface area contributed by atoms with Gasteiger partial charge < -0.3 is 15.5 Å². The van der Waals surface area contributed by atoms with Crippen LogP contribution in [0, 0.1) is 0 Å². The average molecular weight is 332 g/mol. The van der Waals surface area contributed by atoms with Crippen molar-refractivity contribution in [3.05, 3.63) is 40.9 Å². The van der Waals surface area contributed by atoms with Gasteiger partial charge in [-0.3, -0.25) is 4.79 Å². The Morgan fingerprint density at radius 1 is 1.35 bits per heavy atom. The highest BCUT2D eigenvalue weighted by Gasteiger charge is 2.28. The molecule has 1 aromatic heterocycles. The van der Waals surface area contributed by atoms with Crippen molar-refractivity contribution in [2.45, 2.75) is 37.9 Å². The van der Waals surface area contributed by atoms with Crippen molar-refractivity contribution < 1.29 is 15.0 Å². The lowest BCUT2D eigenvalue weighted by atomic mass is 10.1. The average Bonchev–Trinajstić information content (AvgIpc) is 3.22. The van der Waals surface area contributed by atoms with Crippen molar-refractivity contribution in [2.75, 3.05) is 6.54 Å². The Kier molecular flexibility index (Phi) is 5.05. The normalized spacial score (nSPS) is 17.0. The second-order valence-electron chi connectivity index (χ2n) is 5.71. The first kappa shape index (κ1) is 16.1. The molecule has 0 saturated heterocycles. The molecule has 0 bridgehead atoms. The molecule has 1 amide bonds. The third-order valence-electron chi connectivity index (χ3n) is 4.01. The van der Waals surface area contributed by atoms with Crippen LogP contribution in [0.1, 0.15) is 36.8 Å². The number of rotatable bonds is 6. The molecule has 0 saturated carbocycles. The molecule has 3 rings (SSSR count). The highest BCUT2D eigenvalue weighted by Crippen LogP contribution is 2.28. The number of carbonyl (C=O) groups is 1. The third-order valence-corrected chi connectivity index (χ3v) is 5.12. The lowest BCUT2D eigenvalue weighted by Gasteiger charge is -2.15. The molecule has 1 heterocycles. The monoisotopic (exact) mass is 332 g/mol. The van der Waals surface area contributed by atoms with E-state index in [0.29, 0.717) is 11.6 Å². The van der Waals surface area contributed by atoms with E-state index in [1.165, 1.54) is 23.3 Å². The summed E-state index contributed by atoms with van der Waals surface area (Å²) in [6.07, 6.45) is 3.58. The van der Waals surface area contributed by atoms with E-state index in [9.17, 15) is 15.0 Å². The van der Waals surface area contributed by atoms with Crippen molar-refractivity contribution in [1.82, 2.24) is 10.3 Å². The van der Waals surface area contributed by atoms with E-state index in [1.54, 1.807) is 0 Å². The molecule has 1 aromatic carbocycles. The molecule has 3 N–H and O–H groups in total. The SMILES string of the molecule is O=C(NCCC1=CCCC1)C(O)C(O)c1nc2ccccc2s1. The van der Waals surface area contributed by atoms with Crippen LogP contribution < -0.4 is 5.32 Å². The van der Waals surface area contributed by atoms with E-state index >= 15 is 0 Å². The molecule has 2 aromatic rings. The number of thiazole rings is 1. The number of nitrogens with one attached hydrogen (secondary N) is 1. The summed E-state index contributed by atoms with van der Waals surface area (Å²) < 4.78 is 0.919. The number of benzene rings is 1. The van der Waals surface area contributed by atoms with Gasteiger partial charge in [-0.25, -0.2) is 4.98 Å². The first-order valence-electron chi connectivity index (χ1n) is 7.82. The summed E-state index contributed by atoms with van der Waals surface area (Å²) in [5, 5.41) is 23.3. The van der Waals surface area contributed by atoms with Crippen LogP contribution >= 0.6 is 11.3 Å². The van der Waals surface area contributed by atoms with Crippen LogP contribution in [0.2, 0.25) is 0 Å². The molecular weight excluding hydrogens is 312 g/mol. The second kappa shape index (κ2) is 7.21. The molecule has 0 spiro atoms. The largest absolute Gasteiger partial charge is 0.383 e. The van der Waals surface area contributed by atoms with Crippen LogP contribution in [0.5, 0.6) is 0 Å². The third kappa shape index (κ3) is 3.77. The molecular formula is C17H20N2O3S. The molecule has 0 fully saturated rings. The van der Waals surface area contributed by atoms with E-state index in [2.05, 4.69) is 16.4 Å². The van der Waals surface area contributed by atoms with Gasteiger partial charge in [0.1, 0.15) is 11.1 Å². The Labute approximate surface area is 138 Å². The zero-order chi connectivity index (χ0) is 16.2. The maximum atomic E-state index is 12.0. The van der Waals surface area contributed by atoms with E-state index < -0.39 is 18.1 Å². The summed E-state index contributed by atoms with van der Waals surface area (Å²) in [7, 11) is 0. The van der Waals surface area contributed by atoms with Crippen molar-refractivity contribution in [1.29, 1.82) is 0 Å². The standard InChI is InChI=1S/C17H20N2O3S/c20-14(16(22)18-10-9-11-5-1-2-6-11)15(21)17-19-12-7-3-4-8-13(12)23-17/h3-5,7-8,14-15,20-21H,1-2,6,9-10H2,(H,18,22). The summed E-state index contributed by atoms with van der Waals surface area (Å²) in [4.78, 5) is 16.3. The van der Waals surface area contributed by atoms with Crippen LogP contribution in [0.4, 0.5) is 0 Å². The predicted molar refractivity (Wildman–Crippen MR) is 90.1 cm³/mol. The highest BCUT2D eigenvalue weighted by molar-refractivity contribution is 7.18. The predicted octanol–water partition coefficient (Wildman–Crippen LogP) is 2.31. The Hall–Kier alpha value is -1.76. The summed E-state index contributed by atoms with van der Waals surface area (Å²) in [6, 6.07) is 7.48. The zero-order valence-corrected chi connectivity index (χ0v) is 13.6. The quantitative estimate of drug-likeness (QED) is 0.709. The molecule has 2 unspecified atom stereocenters. The summed E-state index contributed by atoms with van der Waals surface area (Å²) in [5.41, 5.74) is 2.11. The molecule has 1 aliphatic carbocycles. The topological polar surface area (TPSA) is 82.5 Å². The molecule has 5 nitrogen and oxygen atoms in total. The van der Waals surface area contributed by atoms with Crippen LogP contribution in [-0.4, -0.2) is 33.8 Å². The summed E-state index contributed by atoms with van der Waals surface area (Å²) in [5.74, 6) is -0.560. The van der Waals surface area contributed by atoms with Crippen molar-refractivity contribution in [3.63, 3.8) is 0 Å². The van der Waals surface area contributed by atoms with E-state index in [0.717, 1.165) is 29.5 Å². The molecule has 2 atom stereocenters. The molecule has 6 heteroatoms. The molecule has 0 aliphatic heterocycles. The Morgan fingerprint density at radius 2 is 2.17 bits per heavy atom. The lowest BCUT2D eigenvalue weighted by Crippen LogP contribution is -2.39. The number of nitrogens with zero attached hydrogens (tertiary/aromatic N) is 1. The zero-order valence-electron chi connectivity index (χ0n) is 12.7. The first-order valence-corrected chi connectivity index (χ1v) is 8.64. The van der Waals surface area contributed by atoms with Crippen LogP contribution in [-0.2, 0) is 4.79 Å². The Bertz CT molecular complexity index is 692. The maximum Gasteiger partial charge on any atom is 0.252 e. The molecule has 1 aliphatic rings. The van der Waals surface area contributed by atoms with Gasteiger partial charge in [0, 0.05) is 6.54 Å². The van der Waals surface area contributed by atoms with Gasteiger partial charge in [0.05, 0.1) is 10.2 Å². The minimum atomic E-state index is -1.51. The van der Waals surface area contributed by atoms with E-state index in [1.807, 2.05) is 24.3 Å². The number of aromatic nitrogens is 1.